The van der Waals surface area contributed by atoms with Gasteiger partial charge in [-0.1, -0.05) is 77.3 Å². The first-order valence-electron chi connectivity index (χ1n) is 26.0. The highest BCUT2D eigenvalue weighted by Crippen LogP contribution is 2.21. The normalized spacial score (nSPS) is 23.9. The lowest BCUT2D eigenvalue weighted by atomic mass is 9.99. The Bertz CT molecular complexity index is 2300. The number of carbonyl (C=O) groups is 13. The number of phenols is 1. The first-order valence-corrected chi connectivity index (χ1v) is 26.0. The second-order valence-corrected chi connectivity index (χ2v) is 19.8. The number of nitrogens with one attached hydrogen (secondary N) is 7. The third-order valence-electron chi connectivity index (χ3n) is 13.3. The van der Waals surface area contributed by atoms with Crippen molar-refractivity contribution in [2.75, 3.05) is 6.54 Å². The molecule has 27 nitrogen and oxygen atoms in total. The Balaban J connectivity index is 2.16. The lowest BCUT2D eigenvalue weighted by Gasteiger charge is -2.31. The van der Waals surface area contributed by atoms with Crippen LogP contribution in [0, 0.1) is 5.92 Å². The summed E-state index contributed by atoms with van der Waals surface area (Å²) >= 11 is 0. The second-order valence-electron chi connectivity index (χ2n) is 19.8. The number of primary amides is 5. The van der Waals surface area contributed by atoms with E-state index in [0.29, 0.717) is 24.3 Å². The Morgan fingerprint density at radius 1 is 0.558 bits per heavy atom. The summed E-state index contributed by atoms with van der Waals surface area (Å²) in [6.45, 7) is 4.21. The fourth-order valence-corrected chi connectivity index (χ4v) is 8.92. The number of fused-ring (bicyclic) bond motifs is 1. The summed E-state index contributed by atoms with van der Waals surface area (Å²) in [5.74, 6) is -13.3. The van der Waals surface area contributed by atoms with E-state index < -0.39 is 170 Å². The number of aromatic hydroxyl groups is 1. The number of phenolic OH excluding ortho intramolecular Hbond substituents is 1. The third kappa shape index (κ3) is 22.9. The maximum atomic E-state index is 14.3. The lowest BCUT2D eigenvalue weighted by Crippen LogP contribution is -2.60. The number of hydrogen-bond acceptors (Lipinski definition) is 14. The van der Waals surface area contributed by atoms with Gasteiger partial charge in [-0.25, -0.2) is 0 Å². The minimum Gasteiger partial charge on any atom is -0.508 e. The van der Waals surface area contributed by atoms with Crippen LogP contribution in [0.2, 0.25) is 0 Å². The number of carbonyl (C=O) groups excluding carboxylic acids is 13. The van der Waals surface area contributed by atoms with Gasteiger partial charge < -0.3 is 75.9 Å². The minimum absolute atomic E-state index is 0.0202. The van der Waals surface area contributed by atoms with Gasteiger partial charge in [0.1, 0.15) is 48.0 Å². The van der Waals surface area contributed by atoms with Crippen molar-refractivity contribution in [3.63, 3.8) is 0 Å². The van der Waals surface area contributed by atoms with Gasteiger partial charge in [-0.3, -0.25) is 62.3 Å². The number of rotatable bonds is 23. The Morgan fingerprint density at radius 3 is 1.51 bits per heavy atom. The number of amides is 13. The number of hydrogen-bond donors (Lipinski definition) is 13. The molecule has 13 amide bonds. The molecule has 0 bridgehead atoms. The zero-order valence-electron chi connectivity index (χ0n) is 43.7. The molecule has 2 heterocycles. The molecular weight excluding hydrogens is 1010 g/mol. The second kappa shape index (κ2) is 31.9. The van der Waals surface area contributed by atoms with Gasteiger partial charge in [0.15, 0.2) is 0 Å². The average Bonchev–Trinajstić information content (AvgIpc) is 3.85. The van der Waals surface area contributed by atoms with Crippen LogP contribution in [0.5, 0.6) is 5.75 Å². The molecule has 2 saturated heterocycles. The van der Waals surface area contributed by atoms with Crippen molar-refractivity contribution in [1.29, 1.82) is 0 Å². The van der Waals surface area contributed by atoms with Crippen LogP contribution >= 0.6 is 0 Å². The first-order chi connectivity index (χ1) is 36.4. The summed E-state index contributed by atoms with van der Waals surface area (Å²) in [6.07, 6.45) is 2.16. The van der Waals surface area contributed by atoms with Crippen LogP contribution in [-0.2, 0) is 68.7 Å². The van der Waals surface area contributed by atoms with Crippen LogP contribution in [0.3, 0.4) is 0 Å². The van der Waals surface area contributed by atoms with E-state index in [9.17, 15) is 67.4 Å². The number of unbranched alkanes of at least 4 members (excludes halogenated alkanes) is 5. The van der Waals surface area contributed by atoms with E-state index in [4.69, 9.17) is 28.7 Å². The third-order valence-corrected chi connectivity index (χ3v) is 13.3. The average molecular weight is 1080 g/mol. The van der Waals surface area contributed by atoms with Crippen LogP contribution in [0.4, 0.5) is 0 Å². The van der Waals surface area contributed by atoms with Crippen LogP contribution in [0.15, 0.2) is 24.3 Å². The fraction of sp³-hybridized carbons (Fsp3) is 0.620. The number of nitrogens with two attached hydrogens (primary N) is 5. The Labute approximate surface area is 446 Å². The molecule has 0 aliphatic carbocycles. The van der Waals surface area contributed by atoms with E-state index in [0.717, 1.165) is 43.4 Å². The maximum absolute atomic E-state index is 14.3. The van der Waals surface area contributed by atoms with Gasteiger partial charge in [0.2, 0.25) is 76.8 Å². The quantitative estimate of drug-likeness (QED) is 0.0477. The Kier molecular flexibility index (Phi) is 26.3. The van der Waals surface area contributed by atoms with E-state index in [1.165, 1.54) is 24.3 Å². The molecule has 3 rings (SSSR count). The van der Waals surface area contributed by atoms with E-state index in [-0.39, 0.29) is 38.0 Å². The van der Waals surface area contributed by atoms with E-state index in [2.05, 4.69) is 51.1 Å². The highest BCUT2D eigenvalue weighted by Gasteiger charge is 2.41. The van der Waals surface area contributed by atoms with Gasteiger partial charge in [0, 0.05) is 31.8 Å². The summed E-state index contributed by atoms with van der Waals surface area (Å²) in [5.41, 5.74) is 27.7. The van der Waals surface area contributed by atoms with E-state index in [1.807, 2.05) is 0 Å². The van der Waals surface area contributed by atoms with Gasteiger partial charge in [-0.05, 0) is 49.3 Å². The SMILES string of the molecule is CCC(C)CCCCCCCCC1CC(=O)NC(CC(N)=O)C(=O)N[C@H](Cc2ccc(O)cc2)C(=O)NC(CC(N)=O)C(=O)NC(CCC(N)=O)C(=O)N2CCC[C@H]2C(=O)NC(CC(N)=O)C(=O)N[C@@H](CC(N)=O)C(=O)N1. The van der Waals surface area contributed by atoms with Gasteiger partial charge in [0.05, 0.1) is 25.7 Å². The summed E-state index contributed by atoms with van der Waals surface area (Å²) in [5, 5.41) is 26.9. The van der Waals surface area contributed by atoms with Crippen molar-refractivity contribution >= 4 is 76.8 Å². The monoisotopic (exact) mass is 1080 g/mol. The molecule has 2 fully saturated rings. The van der Waals surface area contributed by atoms with Crippen LogP contribution < -0.4 is 65.9 Å². The fourth-order valence-electron chi connectivity index (χ4n) is 8.92. The molecule has 1 aromatic carbocycles. The summed E-state index contributed by atoms with van der Waals surface area (Å²) in [6, 6.07) is -7.63. The highest BCUT2D eigenvalue weighted by molar-refractivity contribution is 6.00. The van der Waals surface area contributed by atoms with Gasteiger partial charge >= 0.3 is 0 Å². The van der Waals surface area contributed by atoms with Crippen molar-refractivity contribution in [2.24, 2.45) is 34.6 Å². The molecule has 6 unspecified atom stereocenters. The first kappa shape index (κ1) is 63.4. The zero-order chi connectivity index (χ0) is 57.4. The van der Waals surface area contributed by atoms with Gasteiger partial charge in [0.25, 0.3) is 0 Å². The van der Waals surface area contributed by atoms with Gasteiger partial charge in [-0.2, -0.15) is 0 Å². The van der Waals surface area contributed by atoms with Crippen molar-refractivity contribution in [2.45, 2.75) is 184 Å². The Hall–Kier alpha value is -7.87. The molecule has 1 aromatic rings. The molecule has 27 heteroatoms. The molecular formula is C50H77N13O14. The Morgan fingerprint density at radius 2 is 1.00 bits per heavy atom. The molecule has 0 spiro atoms. The molecule has 77 heavy (non-hydrogen) atoms. The predicted molar refractivity (Wildman–Crippen MR) is 275 cm³/mol. The van der Waals surface area contributed by atoms with Crippen molar-refractivity contribution in [3.05, 3.63) is 29.8 Å². The smallest absolute Gasteiger partial charge is 0.245 e. The topological polar surface area (TPSA) is 460 Å². The zero-order valence-corrected chi connectivity index (χ0v) is 43.7. The molecule has 0 aromatic heterocycles. The minimum atomic E-state index is -1.87. The van der Waals surface area contributed by atoms with E-state index in [1.54, 1.807) is 0 Å². The van der Waals surface area contributed by atoms with Crippen LogP contribution in [0.25, 0.3) is 0 Å². The standard InChI is InChI=1S/C50H77N13O14/c1-3-27(2)11-8-6-4-5-7-9-12-29-22-43(70)57-33(23-39(52)66)46(73)59-32(21-28-14-16-30(64)17-15-28)45(72)61-35(25-41(54)68)47(74)58-31(18-19-38(51)65)50(77)63-20-10-13-37(63)49(76)62-36(26-42(55)69)48(75)60-34(24-40(53)67)44(71)56-29/h14-17,27,29,31-37,64H,3-13,18-26H2,1-2H3,(H2,51,65)(H2,52,66)(H2,53,67)(H2,54,68)(H2,55,69)(H,56,71)(H,57,70)(H,58,74)(H,59,73)(H,60,75)(H,61,72)(H,62,76)/t27?,29?,31?,32-,33?,34+,35?,36?,37+/m1/s1. The van der Waals surface area contributed by atoms with E-state index >= 15 is 0 Å². The molecule has 0 saturated carbocycles. The summed E-state index contributed by atoms with van der Waals surface area (Å²) in [4.78, 5) is 175. The number of nitrogens with zero attached hydrogens (tertiary/aromatic N) is 1. The van der Waals surface area contributed by atoms with Crippen LogP contribution in [0.1, 0.15) is 135 Å². The van der Waals surface area contributed by atoms with Crippen molar-refractivity contribution < 1.29 is 67.4 Å². The molecule has 426 valence electrons. The highest BCUT2D eigenvalue weighted by atomic mass is 16.3. The maximum Gasteiger partial charge on any atom is 0.245 e. The summed E-state index contributed by atoms with van der Waals surface area (Å²) in [7, 11) is 0. The number of benzene rings is 1. The van der Waals surface area contributed by atoms with Crippen LogP contribution in [-0.4, -0.2) is 142 Å². The largest absolute Gasteiger partial charge is 0.508 e. The van der Waals surface area contributed by atoms with Crippen molar-refractivity contribution in [1.82, 2.24) is 42.1 Å². The summed E-state index contributed by atoms with van der Waals surface area (Å²) < 4.78 is 0. The molecule has 18 N–H and O–H groups in total. The predicted octanol–water partition coefficient (Wildman–Crippen LogP) is -3.34. The van der Waals surface area contributed by atoms with Gasteiger partial charge in [-0.15, -0.1) is 0 Å². The molecule has 0 radical (unpaired) electrons. The molecule has 2 aliphatic heterocycles. The van der Waals surface area contributed by atoms with Crippen molar-refractivity contribution in [3.8, 4) is 5.75 Å². The molecule has 2 aliphatic rings. The molecule has 9 atom stereocenters. The lowest BCUT2D eigenvalue weighted by molar-refractivity contribution is -0.143.